The van der Waals surface area contributed by atoms with Crippen LogP contribution in [0.4, 0.5) is 0 Å². The Hall–Kier alpha value is -2.04. The van der Waals surface area contributed by atoms with Crippen molar-refractivity contribution >= 4 is 11.9 Å². The number of carboxylic acids is 1. The van der Waals surface area contributed by atoms with Gasteiger partial charge in [0.1, 0.15) is 5.75 Å². The number of carbonyl (C=O) groups excluding carboxylic acids is 2. The van der Waals surface area contributed by atoms with Crippen LogP contribution in [-0.4, -0.2) is 24.5 Å². The van der Waals surface area contributed by atoms with Crippen molar-refractivity contribution in [1.82, 2.24) is 5.32 Å². The van der Waals surface area contributed by atoms with E-state index in [2.05, 4.69) is 5.32 Å². The molecule has 0 saturated heterocycles. The van der Waals surface area contributed by atoms with Crippen molar-refractivity contribution in [3.63, 3.8) is 0 Å². The van der Waals surface area contributed by atoms with E-state index in [0.717, 1.165) is 11.1 Å². The Morgan fingerprint density at radius 1 is 1.39 bits per heavy atom. The highest BCUT2D eigenvalue weighted by molar-refractivity contribution is 5.83. The van der Waals surface area contributed by atoms with Gasteiger partial charge in [0.05, 0.1) is 12.0 Å². The molecular formula is C13H16NO4-. The first-order valence-corrected chi connectivity index (χ1v) is 5.60. The predicted molar refractivity (Wildman–Crippen MR) is 64.0 cm³/mol. The molecule has 0 radical (unpaired) electrons. The molecule has 1 N–H and O–H groups in total. The van der Waals surface area contributed by atoms with E-state index in [1.807, 2.05) is 26.0 Å². The van der Waals surface area contributed by atoms with Gasteiger partial charge in [0.2, 0.25) is 0 Å². The van der Waals surface area contributed by atoms with Crippen LogP contribution in [0.25, 0.3) is 0 Å². The van der Waals surface area contributed by atoms with Crippen LogP contribution in [-0.2, 0) is 9.59 Å². The fraction of sp³-hybridized carbons (Fsp3) is 0.385. The summed E-state index contributed by atoms with van der Waals surface area (Å²) in [4.78, 5) is 21.8. The molecule has 0 saturated carbocycles. The molecule has 1 aromatic carbocycles. The highest BCUT2D eigenvalue weighted by Crippen LogP contribution is 2.18. The summed E-state index contributed by atoms with van der Waals surface area (Å²) in [7, 11) is 0. The molecule has 0 unspecified atom stereocenters. The van der Waals surface area contributed by atoms with Crippen LogP contribution in [0.3, 0.4) is 0 Å². The van der Waals surface area contributed by atoms with Crippen LogP contribution in [0.2, 0.25) is 0 Å². The Balaban J connectivity index is 2.50. The molecule has 5 nitrogen and oxygen atoms in total. The Morgan fingerprint density at radius 3 is 2.61 bits per heavy atom. The maximum absolute atomic E-state index is 11.4. The molecule has 0 spiro atoms. The van der Waals surface area contributed by atoms with Crippen molar-refractivity contribution in [3.05, 3.63) is 29.3 Å². The van der Waals surface area contributed by atoms with E-state index in [0.29, 0.717) is 5.75 Å². The number of aliphatic carboxylic acids is 1. The molecule has 1 atom stereocenters. The van der Waals surface area contributed by atoms with Crippen molar-refractivity contribution in [2.24, 2.45) is 0 Å². The number of hydrogen-bond acceptors (Lipinski definition) is 4. The average Bonchev–Trinajstić information content (AvgIpc) is 2.27. The number of carboxylic acid groups (broad SMARTS) is 1. The third-order valence-electron chi connectivity index (χ3n) is 2.42. The zero-order chi connectivity index (χ0) is 13.7. The average molecular weight is 250 g/mol. The first-order valence-electron chi connectivity index (χ1n) is 5.60. The van der Waals surface area contributed by atoms with E-state index in [4.69, 9.17) is 4.74 Å². The number of benzene rings is 1. The molecule has 0 bridgehead atoms. The Bertz CT molecular complexity index is 456. The van der Waals surface area contributed by atoms with Gasteiger partial charge in [-0.2, -0.15) is 0 Å². The van der Waals surface area contributed by atoms with Gasteiger partial charge in [-0.15, -0.1) is 0 Å². The molecule has 1 rings (SSSR count). The van der Waals surface area contributed by atoms with E-state index < -0.39 is 17.9 Å². The molecule has 0 aromatic heterocycles. The monoisotopic (exact) mass is 250 g/mol. The lowest BCUT2D eigenvalue weighted by molar-refractivity contribution is -0.307. The zero-order valence-electron chi connectivity index (χ0n) is 10.6. The van der Waals surface area contributed by atoms with Gasteiger partial charge in [0.15, 0.2) is 6.61 Å². The van der Waals surface area contributed by atoms with Crippen molar-refractivity contribution < 1.29 is 19.4 Å². The van der Waals surface area contributed by atoms with Crippen LogP contribution in [0.5, 0.6) is 5.75 Å². The number of ether oxygens (including phenoxy) is 1. The predicted octanol–water partition coefficient (Wildman–Crippen LogP) is -0.0632. The topological polar surface area (TPSA) is 78.5 Å². The van der Waals surface area contributed by atoms with Gasteiger partial charge in [-0.1, -0.05) is 17.7 Å². The molecule has 5 heteroatoms. The van der Waals surface area contributed by atoms with Gasteiger partial charge in [-0.05, 0) is 32.4 Å². The summed E-state index contributed by atoms with van der Waals surface area (Å²) in [6, 6.07) is 4.57. The lowest BCUT2D eigenvalue weighted by atomic mass is 10.1. The maximum Gasteiger partial charge on any atom is 0.258 e. The van der Waals surface area contributed by atoms with E-state index in [1.165, 1.54) is 6.92 Å². The van der Waals surface area contributed by atoms with E-state index >= 15 is 0 Å². The summed E-state index contributed by atoms with van der Waals surface area (Å²) in [6.45, 7) is 4.96. The van der Waals surface area contributed by atoms with Crippen LogP contribution >= 0.6 is 0 Å². The molecule has 0 aliphatic rings. The van der Waals surface area contributed by atoms with Gasteiger partial charge >= 0.3 is 0 Å². The molecule has 0 heterocycles. The van der Waals surface area contributed by atoms with E-state index in [-0.39, 0.29) is 6.61 Å². The van der Waals surface area contributed by atoms with Gasteiger partial charge in [-0.3, -0.25) is 4.79 Å². The smallest absolute Gasteiger partial charge is 0.258 e. The van der Waals surface area contributed by atoms with Crippen molar-refractivity contribution in [1.29, 1.82) is 0 Å². The normalized spacial score (nSPS) is 11.7. The van der Waals surface area contributed by atoms with E-state index in [1.54, 1.807) is 6.07 Å². The van der Waals surface area contributed by atoms with Gasteiger partial charge < -0.3 is 20.0 Å². The highest BCUT2D eigenvalue weighted by Gasteiger charge is 2.09. The van der Waals surface area contributed by atoms with Gasteiger partial charge in [-0.25, -0.2) is 0 Å². The molecule has 1 aromatic rings. The lowest BCUT2D eigenvalue weighted by Gasteiger charge is -2.15. The second-order valence-electron chi connectivity index (χ2n) is 4.17. The molecule has 1 amide bonds. The van der Waals surface area contributed by atoms with Crippen molar-refractivity contribution in [2.75, 3.05) is 6.61 Å². The van der Waals surface area contributed by atoms with Crippen molar-refractivity contribution in [3.8, 4) is 5.75 Å². The number of nitrogens with one attached hydrogen (secondary N) is 1. The van der Waals surface area contributed by atoms with Crippen LogP contribution in [0, 0.1) is 13.8 Å². The number of amides is 1. The molecular weight excluding hydrogens is 234 g/mol. The molecule has 0 fully saturated rings. The SMILES string of the molecule is Cc1ccc(OCC(=O)N[C@H](C)C(=O)[O-])c(C)c1. The number of carbonyl (C=O) groups is 2. The number of rotatable bonds is 5. The Morgan fingerprint density at radius 2 is 2.06 bits per heavy atom. The van der Waals surface area contributed by atoms with Gasteiger partial charge in [0.25, 0.3) is 5.91 Å². The molecule has 98 valence electrons. The minimum atomic E-state index is -1.32. The fourth-order valence-corrected chi connectivity index (χ4v) is 1.45. The summed E-state index contributed by atoms with van der Waals surface area (Å²) >= 11 is 0. The van der Waals surface area contributed by atoms with Crippen LogP contribution in [0.1, 0.15) is 18.1 Å². The largest absolute Gasteiger partial charge is 0.548 e. The fourth-order valence-electron chi connectivity index (χ4n) is 1.45. The first kappa shape index (κ1) is 14.0. The minimum Gasteiger partial charge on any atom is -0.548 e. The summed E-state index contributed by atoms with van der Waals surface area (Å²) < 4.78 is 5.31. The standard InChI is InChI=1S/C13H17NO4/c1-8-4-5-11(9(2)6-8)18-7-12(15)14-10(3)13(16)17/h4-6,10H,7H2,1-3H3,(H,14,15)(H,16,17)/p-1/t10-/m1/s1. The highest BCUT2D eigenvalue weighted by atomic mass is 16.5. The Kier molecular flexibility index (Phi) is 4.71. The second-order valence-corrected chi connectivity index (χ2v) is 4.17. The third-order valence-corrected chi connectivity index (χ3v) is 2.42. The number of hydrogen-bond donors (Lipinski definition) is 1. The van der Waals surface area contributed by atoms with Gasteiger partial charge in [0, 0.05) is 0 Å². The summed E-state index contributed by atoms with van der Waals surface area (Å²) in [5, 5.41) is 12.7. The lowest BCUT2D eigenvalue weighted by Crippen LogP contribution is -2.47. The summed E-state index contributed by atoms with van der Waals surface area (Å²) in [6.07, 6.45) is 0. The quantitative estimate of drug-likeness (QED) is 0.794. The minimum absolute atomic E-state index is 0.221. The number of aryl methyl sites for hydroxylation is 2. The third kappa shape index (κ3) is 4.08. The maximum atomic E-state index is 11.4. The second kappa shape index (κ2) is 6.05. The summed E-state index contributed by atoms with van der Waals surface area (Å²) in [5.74, 6) is -1.21. The van der Waals surface area contributed by atoms with Crippen LogP contribution in [0.15, 0.2) is 18.2 Å². The molecule has 0 aliphatic heterocycles. The summed E-state index contributed by atoms with van der Waals surface area (Å²) in [5.41, 5.74) is 2.03. The first-order chi connectivity index (χ1) is 8.40. The zero-order valence-corrected chi connectivity index (χ0v) is 10.6. The Labute approximate surface area is 106 Å². The van der Waals surface area contributed by atoms with E-state index in [9.17, 15) is 14.7 Å². The van der Waals surface area contributed by atoms with Crippen molar-refractivity contribution in [2.45, 2.75) is 26.8 Å². The van der Waals surface area contributed by atoms with Crippen LogP contribution < -0.4 is 15.2 Å². The molecule has 0 aliphatic carbocycles. The molecule has 18 heavy (non-hydrogen) atoms.